The summed E-state index contributed by atoms with van der Waals surface area (Å²) in [6.45, 7) is 4.50. The number of aromatic nitrogens is 2. The molecule has 0 unspecified atom stereocenters. The monoisotopic (exact) mass is 379 g/mol. The van der Waals surface area contributed by atoms with Crippen LogP contribution in [0, 0.1) is 0 Å². The van der Waals surface area contributed by atoms with Crippen molar-refractivity contribution < 1.29 is 14.3 Å². The molecular formula is C21H21N3O4. The van der Waals surface area contributed by atoms with Gasteiger partial charge in [0.15, 0.2) is 5.69 Å². The molecule has 0 aliphatic carbocycles. The Bertz CT molecular complexity index is 1050. The number of rotatable bonds is 4. The van der Waals surface area contributed by atoms with Crippen LogP contribution in [0.3, 0.4) is 0 Å². The molecule has 1 aliphatic rings. The third-order valence-corrected chi connectivity index (χ3v) is 4.70. The minimum atomic E-state index is -0.265. The van der Waals surface area contributed by atoms with Crippen molar-refractivity contribution in [2.75, 3.05) is 32.9 Å². The molecule has 0 radical (unpaired) electrons. The number of hydrogen-bond acceptors (Lipinski definition) is 5. The molecule has 2 heterocycles. The maximum absolute atomic E-state index is 13.1. The van der Waals surface area contributed by atoms with Crippen LogP contribution >= 0.6 is 0 Å². The van der Waals surface area contributed by atoms with Crippen LogP contribution in [0.5, 0.6) is 5.75 Å². The Morgan fingerprint density at radius 2 is 1.75 bits per heavy atom. The third kappa shape index (κ3) is 3.36. The van der Waals surface area contributed by atoms with Gasteiger partial charge in [0.05, 0.1) is 30.9 Å². The van der Waals surface area contributed by atoms with Gasteiger partial charge in [-0.3, -0.25) is 9.59 Å². The van der Waals surface area contributed by atoms with Crippen LogP contribution in [-0.2, 0) is 4.74 Å². The van der Waals surface area contributed by atoms with Crippen molar-refractivity contribution in [1.82, 2.24) is 14.7 Å². The Kier molecular flexibility index (Phi) is 5.08. The fourth-order valence-electron chi connectivity index (χ4n) is 3.29. The fourth-order valence-corrected chi connectivity index (χ4v) is 3.29. The van der Waals surface area contributed by atoms with Crippen LogP contribution in [0.2, 0.25) is 0 Å². The molecule has 144 valence electrons. The molecule has 0 atom stereocenters. The van der Waals surface area contributed by atoms with Gasteiger partial charge >= 0.3 is 0 Å². The van der Waals surface area contributed by atoms with E-state index < -0.39 is 0 Å². The summed E-state index contributed by atoms with van der Waals surface area (Å²) in [7, 11) is 0. The highest BCUT2D eigenvalue weighted by Gasteiger charge is 2.24. The molecule has 4 rings (SSSR count). The number of ether oxygens (including phenoxy) is 2. The number of carbonyl (C=O) groups is 1. The van der Waals surface area contributed by atoms with Crippen LogP contribution in [0.25, 0.3) is 16.5 Å². The Hall–Kier alpha value is -3.19. The summed E-state index contributed by atoms with van der Waals surface area (Å²) in [5.74, 6) is 0.517. The maximum atomic E-state index is 13.1. The first-order valence-corrected chi connectivity index (χ1v) is 9.31. The number of nitrogens with zero attached hydrogens (tertiary/aromatic N) is 3. The predicted molar refractivity (Wildman–Crippen MR) is 105 cm³/mol. The van der Waals surface area contributed by atoms with Gasteiger partial charge in [-0.1, -0.05) is 18.2 Å². The van der Waals surface area contributed by atoms with Crippen LogP contribution in [-0.4, -0.2) is 53.5 Å². The number of carbonyl (C=O) groups excluding carboxylic acids is 1. The molecule has 1 fully saturated rings. The van der Waals surface area contributed by atoms with Crippen LogP contribution in [0.15, 0.2) is 53.3 Å². The molecule has 1 aromatic heterocycles. The number of fused-ring (bicyclic) bond motifs is 1. The normalized spacial score (nSPS) is 14.2. The molecule has 1 aliphatic heterocycles. The van der Waals surface area contributed by atoms with Gasteiger partial charge in [0.2, 0.25) is 0 Å². The van der Waals surface area contributed by atoms with E-state index in [1.54, 1.807) is 53.4 Å². The van der Waals surface area contributed by atoms with E-state index in [0.29, 0.717) is 55.1 Å². The number of hydrogen-bond donors (Lipinski definition) is 0. The molecule has 7 nitrogen and oxygen atoms in total. The summed E-state index contributed by atoms with van der Waals surface area (Å²) in [4.78, 5) is 27.8. The Morgan fingerprint density at radius 3 is 2.43 bits per heavy atom. The zero-order chi connectivity index (χ0) is 19.5. The lowest BCUT2D eigenvalue weighted by molar-refractivity contribution is 0.0299. The van der Waals surface area contributed by atoms with Crippen LogP contribution < -0.4 is 10.3 Å². The molecule has 1 amide bonds. The Morgan fingerprint density at radius 1 is 1.07 bits per heavy atom. The molecule has 2 aromatic carbocycles. The van der Waals surface area contributed by atoms with Crippen LogP contribution in [0.4, 0.5) is 0 Å². The Labute approximate surface area is 162 Å². The molecule has 0 spiro atoms. The van der Waals surface area contributed by atoms with Crippen LogP contribution in [0.1, 0.15) is 17.4 Å². The first-order valence-electron chi connectivity index (χ1n) is 9.31. The van der Waals surface area contributed by atoms with E-state index in [-0.39, 0.29) is 17.2 Å². The molecule has 7 heteroatoms. The summed E-state index contributed by atoms with van der Waals surface area (Å²) in [6.07, 6.45) is 0. The quantitative estimate of drug-likeness (QED) is 0.695. The topological polar surface area (TPSA) is 73.7 Å². The van der Waals surface area contributed by atoms with Crippen molar-refractivity contribution in [3.8, 4) is 11.4 Å². The van der Waals surface area contributed by atoms with Gasteiger partial charge in [-0.2, -0.15) is 9.78 Å². The molecule has 28 heavy (non-hydrogen) atoms. The van der Waals surface area contributed by atoms with Gasteiger partial charge in [0, 0.05) is 18.5 Å². The number of benzene rings is 2. The second kappa shape index (κ2) is 7.82. The maximum Gasteiger partial charge on any atom is 0.279 e. The first-order chi connectivity index (χ1) is 13.7. The van der Waals surface area contributed by atoms with E-state index in [9.17, 15) is 9.59 Å². The molecule has 0 bridgehead atoms. The number of amides is 1. The van der Waals surface area contributed by atoms with E-state index >= 15 is 0 Å². The van der Waals surface area contributed by atoms with Gasteiger partial charge in [-0.15, -0.1) is 0 Å². The van der Waals surface area contributed by atoms with Gasteiger partial charge in [-0.25, -0.2) is 0 Å². The average molecular weight is 379 g/mol. The lowest BCUT2D eigenvalue weighted by Gasteiger charge is -2.27. The SMILES string of the molecule is CCOc1ccc(-n2nc(C(=O)N3CCOCC3)c3ccccc3c2=O)cc1. The first kappa shape index (κ1) is 18.2. The largest absolute Gasteiger partial charge is 0.494 e. The highest BCUT2D eigenvalue weighted by molar-refractivity contribution is 6.04. The van der Waals surface area contributed by atoms with Crippen molar-refractivity contribution in [2.45, 2.75) is 6.92 Å². The minimum absolute atomic E-state index is 0.195. The lowest BCUT2D eigenvalue weighted by atomic mass is 10.1. The Balaban J connectivity index is 1.84. The zero-order valence-corrected chi connectivity index (χ0v) is 15.6. The summed E-state index contributed by atoms with van der Waals surface area (Å²) < 4.78 is 12.1. The van der Waals surface area contributed by atoms with Crippen molar-refractivity contribution in [1.29, 1.82) is 0 Å². The lowest BCUT2D eigenvalue weighted by Crippen LogP contribution is -2.41. The smallest absolute Gasteiger partial charge is 0.279 e. The zero-order valence-electron chi connectivity index (χ0n) is 15.6. The summed E-state index contributed by atoms with van der Waals surface area (Å²) in [5, 5.41) is 5.48. The third-order valence-electron chi connectivity index (χ3n) is 4.70. The minimum Gasteiger partial charge on any atom is -0.494 e. The fraction of sp³-hybridized carbons (Fsp3) is 0.286. The summed E-state index contributed by atoms with van der Waals surface area (Å²) >= 11 is 0. The van der Waals surface area contributed by atoms with E-state index in [4.69, 9.17) is 9.47 Å². The van der Waals surface area contributed by atoms with E-state index in [1.807, 2.05) is 6.92 Å². The van der Waals surface area contributed by atoms with Crippen molar-refractivity contribution in [3.63, 3.8) is 0 Å². The standard InChI is InChI=1S/C21H21N3O4/c1-2-28-16-9-7-15(8-10-16)24-20(25)18-6-4-3-5-17(18)19(22-24)21(26)23-11-13-27-14-12-23/h3-10H,2,11-14H2,1H3. The molecule has 0 saturated carbocycles. The van der Waals surface area contributed by atoms with E-state index in [2.05, 4.69) is 5.10 Å². The molecule has 3 aromatic rings. The van der Waals surface area contributed by atoms with Crippen molar-refractivity contribution in [2.24, 2.45) is 0 Å². The second-order valence-corrected chi connectivity index (χ2v) is 6.44. The van der Waals surface area contributed by atoms with E-state index in [0.717, 1.165) is 0 Å². The molecular weight excluding hydrogens is 358 g/mol. The van der Waals surface area contributed by atoms with Crippen molar-refractivity contribution in [3.05, 3.63) is 64.6 Å². The molecule has 0 N–H and O–H groups in total. The number of morpholine rings is 1. The van der Waals surface area contributed by atoms with Gasteiger partial charge in [0.1, 0.15) is 5.75 Å². The summed E-state index contributed by atoms with van der Waals surface area (Å²) in [5.41, 5.74) is 0.583. The second-order valence-electron chi connectivity index (χ2n) is 6.44. The van der Waals surface area contributed by atoms with E-state index in [1.165, 1.54) is 4.68 Å². The van der Waals surface area contributed by atoms with Gasteiger partial charge in [0.25, 0.3) is 11.5 Å². The summed E-state index contributed by atoms with van der Waals surface area (Å²) in [6, 6.07) is 14.2. The van der Waals surface area contributed by atoms with Gasteiger partial charge in [-0.05, 0) is 37.3 Å². The van der Waals surface area contributed by atoms with Crippen molar-refractivity contribution >= 4 is 16.7 Å². The highest BCUT2D eigenvalue weighted by Crippen LogP contribution is 2.19. The highest BCUT2D eigenvalue weighted by atomic mass is 16.5. The average Bonchev–Trinajstić information content (AvgIpc) is 2.75. The van der Waals surface area contributed by atoms with Gasteiger partial charge < -0.3 is 14.4 Å². The predicted octanol–water partition coefficient (Wildman–Crippen LogP) is 2.26. The molecule has 1 saturated heterocycles.